The van der Waals surface area contributed by atoms with Gasteiger partial charge >= 0.3 is 0 Å². The zero-order valence-electron chi connectivity index (χ0n) is 12.8. The number of nitrogens with zero attached hydrogens (tertiary/aromatic N) is 2. The highest BCUT2D eigenvalue weighted by atomic mass is 32.1. The van der Waals surface area contributed by atoms with Gasteiger partial charge < -0.3 is 5.32 Å². The average Bonchev–Trinajstić information content (AvgIpc) is 2.96. The molecule has 0 spiro atoms. The first-order valence-corrected chi connectivity index (χ1v) is 8.22. The standard InChI is InChI=1S/C17H21N3S/c1-4-14-7-5-6-8-15(14)9-18-10-16-13(3)19-17-20(16)11-12(2)21-17/h5-8,11,18H,4,9-10H2,1-3H3. The fourth-order valence-corrected chi connectivity index (χ4v) is 3.60. The van der Waals surface area contributed by atoms with Crippen LogP contribution in [0.25, 0.3) is 4.96 Å². The second kappa shape index (κ2) is 6.00. The predicted octanol–water partition coefficient (Wildman–Crippen LogP) is 3.86. The second-order valence-corrected chi connectivity index (χ2v) is 6.58. The maximum absolute atomic E-state index is 4.63. The summed E-state index contributed by atoms with van der Waals surface area (Å²) in [6.45, 7) is 8.17. The largest absolute Gasteiger partial charge is 0.307 e. The van der Waals surface area contributed by atoms with E-state index in [1.54, 1.807) is 11.3 Å². The highest BCUT2D eigenvalue weighted by Crippen LogP contribution is 2.20. The molecule has 21 heavy (non-hydrogen) atoms. The Morgan fingerprint density at radius 1 is 1.14 bits per heavy atom. The van der Waals surface area contributed by atoms with E-state index in [4.69, 9.17) is 0 Å². The number of hydrogen-bond acceptors (Lipinski definition) is 3. The lowest BCUT2D eigenvalue weighted by Gasteiger charge is -2.09. The van der Waals surface area contributed by atoms with E-state index < -0.39 is 0 Å². The van der Waals surface area contributed by atoms with Gasteiger partial charge in [0.25, 0.3) is 0 Å². The van der Waals surface area contributed by atoms with E-state index in [9.17, 15) is 0 Å². The van der Waals surface area contributed by atoms with Gasteiger partial charge in [-0.25, -0.2) is 4.98 Å². The van der Waals surface area contributed by atoms with Crippen LogP contribution in [0.5, 0.6) is 0 Å². The van der Waals surface area contributed by atoms with Crippen LogP contribution in [0.2, 0.25) is 0 Å². The highest BCUT2D eigenvalue weighted by molar-refractivity contribution is 7.17. The van der Waals surface area contributed by atoms with E-state index in [0.29, 0.717) is 0 Å². The number of thiazole rings is 1. The second-order valence-electron chi connectivity index (χ2n) is 5.36. The number of benzene rings is 1. The van der Waals surface area contributed by atoms with E-state index >= 15 is 0 Å². The van der Waals surface area contributed by atoms with E-state index in [0.717, 1.165) is 30.2 Å². The molecule has 0 saturated heterocycles. The minimum Gasteiger partial charge on any atom is -0.307 e. The van der Waals surface area contributed by atoms with Crippen molar-refractivity contribution in [3.05, 3.63) is 57.9 Å². The molecule has 0 bridgehead atoms. The van der Waals surface area contributed by atoms with Crippen LogP contribution in [0.15, 0.2) is 30.5 Å². The van der Waals surface area contributed by atoms with Gasteiger partial charge in [-0.3, -0.25) is 4.40 Å². The van der Waals surface area contributed by atoms with E-state index in [1.165, 1.54) is 21.7 Å². The van der Waals surface area contributed by atoms with Crippen molar-refractivity contribution in [3.8, 4) is 0 Å². The van der Waals surface area contributed by atoms with Gasteiger partial charge in [0.1, 0.15) is 0 Å². The quantitative estimate of drug-likeness (QED) is 0.775. The van der Waals surface area contributed by atoms with Crippen molar-refractivity contribution in [2.75, 3.05) is 0 Å². The molecule has 1 aromatic carbocycles. The number of aromatic nitrogens is 2. The van der Waals surface area contributed by atoms with Crippen molar-refractivity contribution < 1.29 is 0 Å². The van der Waals surface area contributed by atoms with Gasteiger partial charge in [0.2, 0.25) is 0 Å². The lowest BCUT2D eigenvalue weighted by molar-refractivity contribution is 0.668. The topological polar surface area (TPSA) is 29.3 Å². The molecule has 0 amide bonds. The fourth-order valence-electron chi connectivity index (χ4n) is 2.71. The first-order valence-electron chi connectivity index (χ1n) is 7.40. The molecule has 2 heterocycles. The molecule has 0 saturated carbocycles. The van der Waals surface area contributed by atoms with Gasteiger partial charge in [0.15, 0.2) is 4.96 Å². The van der Waals surface area contributed by atoms with Gasteiger partial charge in [-0.05, 0) is 31.4 Å². The number of aryl methyl sites for hydroxylation is 3. The lowest BCUT2D eigenvalue weighted by atomic mass is 10.1. The van der Waals surface area contributed by atoms with Crippen molar-refractivity contribution in [1.29, 1.82) is 0 Å². The molecule has 0 aliphatic carbocycles. The monoisotopic (exact) mass is 299 g/mol. The minimum atomic E-state index is 0.848. The fraction of sp³-hybridized carbons (Fsp3) is 0.353. The van der Waals surface area contributed by atoms with Crippen molar-refractivity contribution in [2.24, 2.45) is 0 Å². The summed E-state index contributed by atoms with van der Waals surface area (Å²) in [6, 6.07) is 8.64. The first-order chi connectivity index (χ1) is 10.2. The first kappa shape index (κ1) is 14.3. The molecule has 0 radical (unpaired) electrons. The summed E-state index contributed by atoms with van der Waals surface area (Å²) in [5.74, 6) is 0. The number of imidazole rings is 1. The smallest absolute Gasteiger partial charge is 0.194 e. The van der Waals surface area contributed by atoms with Gasteiger partial charge in [0, 0.05) is 24.2 Å². The summed E-state index contributed by atoms with van der Waals surface area (Å²) >= 11 is 1.75. The summed E-state index contributed by atoms with van der Waals surface area (Å²) in [5, 5.41) is 3.56. The van der Waals surface area contributed by atoms with Crippen LogP contribution in [-0.2, 0) is 19.5 Å². The third-order valence-electron chi connectivity index (χ3n) is 3.85. The van der Waals surface area contributed by atoms with Gasteiger partial charge in [-0.15, -0.1) is 11.3 Å². The summed E-state index contributed by atoms with van der Waals surface area (Å²) in [5.41, 5.74) is 5.20. The van der Waals surface area contributed by atoms with Crippen molar-refractivity contribution in [1.82, 2.24) is 14.7 Å². The Labute approximate surface area is 129 Å². The molecule has 0 aliphatic heterocycles. The maximum Gasteiger partial charge on any atom is 0.194 e. The molecule has 1 N–H and O–H groups in total. The van der Waals surface area contributed by atoms with Crippen LogP contribution < -0.4 is 5.32 Å². The Balaban J connectivity index is 1.73. The Hall–Kier alpha value is -1.65. The highest BCUT2D eigenvalue weighted by Gasteiger charge is 2.10. The van der Waals surface area contributed by atoms with Crippen molar-refractivity contribution in [2.45, 2.75) is 40.3 Å². The van der Waals surface area contributed by atoms with E-state index in [-0.39, 0.29) is 0 Å². The molecule has 3 nitrogen and oxygen atoms in total. The molecule has 0 unspecified atom stereocenters. The number of nitrogens with one attached hydrogen (secondary N) is 1. The summed E-state index contributed by atoms with van der Waals surface area (Å²) in [7, 11) is 0. The Kier molecular flexibility index (Phi) is 4.08. The SMILES string of the molecule is CCc1ccccc1CNCc1c(C)nc2sc(C)cn12. The predicted molar refractivity (Wildman–Crippen MR) is 88.9 cm³/mol. The lowest BCUT2D eigenvalue weighted by Crippen LogP contribution is -2.15. The minimum absolute atomic E-state index is 0.848. The van der Waals surface area contributed by atoms with Gasteiger partial charge in [0.05, 0.1) is 11.4 Å². The molecule has 4 heteroatoms. The van der Waals surface area contributed by atoms with Gasteiger partial charge in [-0.1, -0.05) is 31.2 Å². The molecule has 3 aromatic rings. The van der Waals surface area contributed by atoms with Crippen LogP contribution in [-0.4, -0.2) is 9.38 Å². The van der Waals surface area contributed by atoms with Crippen molar-refractivity contribution in [3.63, 3.8) is 0 Å². The normalized spacial score (nSPS) is 11.4. The molecule has 3 rings (SSSR count). The zero-order valence-corrected chi connectivity index (χ0v) is 13.6. The summed E-state index contributed by atoms with van der Waals surface area (Å²) < 4.78 is 2.22. The molecule has 0 aliphatic rings. The zero-order chi connectivity index (χ0) is 14.8. The maximum atomic E-state index is 4.63. The molecular weight excluding hydrogens is 278 g/mol. The van der Waals surface area contributed by atoms with Crippen LogP contribution in [0.3, 0.4) is 0 Å². The molecule has 0 fully saturated rings. The third-order valence-corrected chi connectivity index (χ3v) is 4.75. The van der Waals surface area contributed by atoms with Crippen LogP contribution in [0.4, 0.5) is 0 Å². The Morgan fingerprint density at radius 3 is 2.67 bits per heavy atom. The number of fused-ring (bicyclic) bond motifs is 1. The number of rotatable bonds is 5. The van der Waals surface area contributed by atoms with Crippen molar-refractivity contribution >= 4 is 16.3 Å². The molecule has 110 valence electrons. The molecule has 2 aromatic heterocycles. The van der Waals surface area contributed by atoms with Gasteiger partial charge in [-0.2, -0.15) is 0 Å². The van der Waals surface area contributed by atoms with Crippen LogP contribution >= 0.6 is 11.3 Å². The molecular formula is C17H21N3S. The van der Waals surface area contributed by atoms with Crippen LogP contribution in [0, 0.1) is 13.8 Å². The Bertz CT molecular complexity index is 755. The Morgan fingerprint density at radius 2 is 1.90 bits per heavy atom. The average molecular weight is 299 g/mol. The van der Waals surface area contributed by atoms with Crippen LogP contribution in [0.1, 0.15) is 34.3 Å². The summed E-state index contributed by atoms with van der Waals surface area (Å²) in [6.07, 6.45) is 3.26. The summed E-state index contributed by atoms with van der Waals surface area (Å²) in [4.78, 5) is 7.03. The third kappa shape index (κ3) is 2.87. The van der Waals surface area contributed by atoms with E-state index in [1.807, 2.05) is 0 Å². The van der Waals surface area contributed by atoms with E-state index in [2.05, 4.69) is 65.9 Å². The molecule has 0 atom stereocenters. The number of hydrogen-bond donors (Lipinski definition) is 1.